The lowest BCUT2D eigenvalue weighted by Crippen LogP contribution is -2.27. The predicted molar refractivity (Wildman–Crippen MR) is 56.2 cm³/mol. The van der Waals surface area contributed by atoms with Crippen LogP contribution in [0.5, 0.6) is 0 Å². The average Bonchev–Trinajstić information content (AvgIpc) is 2.29. The quantitative estimate of drug-likeness (QED) is 0.862. The van der Waals surface area contributed by atoms with Gasteiger partial charge >= 0.3 is 0 Å². The fourth-order valence-electron chi connectivity index (χ4n) is 1.72. The van der Waals surface area contributed by atoms with Crippen LogP contribution >= 0.6 is 0 Å². The Morgan fingerprint density at radius 1 is 1.44 bits per heavy atom. The van der Waals surface area contributed by atoms with Gasteiger partial charge in [-0.05, 0) is 19.3 Å². The number of hydrogen-bond donors (Lipinski definition) is 1. The van der Waals surface area contributed by atoms with E-state index in [-0.39, 0.29) is 11.9 Å². The normalized spacial score (nSPS) is 20.8. The van der Waals surface area contributed by atoms with E-state index in [1.807, 2.05) is 0 Å². The number of rotatable bonds is 3. The lowest BCUT2D eigenvalue weighted by Gasteiger charge is -2.22. The van der Waals surface area contributed by atoms with E-state index in [0.29, 0.717) is 6.54 Å². The van der Waals surface area contributed by atoms with Crippen molar-refractivity contribution in [2.75, 3.05) is 18.5 Å². The fourth-order valence-corrected chi connectivity index (χ4v) is 1.72. The van der Waals surface area contributed by atoms with Crippen LogP contribution in [-0.2, 0) is 4.74 Å². The van der Waals surface area contributed by atoms with Crippen LogP contribution in [0, 0.1) is 11.6 Å². The molecule has 0 aliphatic carbocycles. The van der Waals surface area contributed by atoms with Gasteiger partial charge in [0.15, 0.2) is 11.6 Å². The van der Waals surface area contributed by atoms with Crippen molar-refractivity contribution in [3.63, 3.8) is 0 Å². The van der Waals surface area contributed by atoms with Crippen molar-refractivity contribution in [3.8, 4) is 0 Å². The molecule has 1 aromatic rings. The second kappa shape index (κ2) is 5.21. The zero-order chi connectivity index (χ0) is 11.4. The van der Waals surface area contributed by atoms with Crippen LogP contribution < -0.4 is 5.32 Å². The smallest absolute Gasteiger partial charge is 0.168 e. The molecule has 88 valence electrons. The summed E-state index contributed by atoms with van der Waals surface area (Å²) in [5, 5.41) is 2.83. The minimum atomic E-state index is -0.671. The zero-order valence-corrected chi connectivity index (χ0v) is 8.88. The van der Waals surface area contributed by atoms with E-state index < -0.39 is 11.6 Å². The summed E-state index contributed by atoms with van der Waals surface area (Å²) in [6.07, 6.45) is 4.27. The number of anilines is 1. The highest BCUT2D eigenvalue weighted by Gasteiger charge is 2.14. The molecule has 1 saturated heterocycles. The van der Waals surface area contributed by atoms with Gasteiger partial charge in [-0.1, -0.05) is 0 Å². The Balaban J connectivity index is 1.88. The number of nitrogens with one attached hydrogen (secondary N) is 1. The van der Waals surface area contributed by atoms with Crippen molar-refractivity contribution in [1.82, 2.24) is 4.98 Å². The highest BCUT2D eigenvalue weighted by molar-refractivity contribution is 5.35. The summed E-state index contributed by atoms with van der Waals surface area (Å²) in [5.74, 6) is -1.26. The van der Waals surface area contributed by atoms with Crippen molar-refractivity contribution in [3.05, 3.63) is 23.9 Å². The van der Waals surface area contributed by atoms with E-state index in [0.717, 1.165) is 38.1 Å². The number of nitrogens with zero attached hydrogens (tertiary/aromatic N) is 1. The molecule has 1 fully saturated rings. The highest BCUT2D eigenvalue weighted by Crippen LogP contribution is 2.15. The van der Waals surface area contributed by atoms with E-state index in [1.54, 1.807) is 0 Å². The molecule has 16 heavy (non-hydrogen) atoms. The van der Waals surface area contributed by atoms with Gasteiger partial charge in [-0.2, -0.15) is 0 Å². The summed E-state index contributed by atoms with van der Waals surface area (Å²) in [6.45, 7) is 1.27. The zero-order valence-electron chi connectivity index (χ0n) is 8.88. The third-order valence-electron chi connectivity index (χ3n) is 2.58. The maximum absolute atomic E-state index is 13.2. The molecule has 2 heterocycles. The van der Waals surface area contributed by atoms with Crippen molar-refractivity contribution in [2.45, 2.75) is 25.4 Å². The third-order valence-corrected chi connectivity index (χ3v) is 2.58. The first-order valence-corrected chi connectivity index (χ1v) is 5.42. The lowest BCUT2D eigenvalue weighted by atomic mass is 10.1. The summed E-state index contributed by atoms with van der Waals surface area (Å²) in [6, 6.07) is 0.817. The summed E-state index contributed by atoms with van der Waals surface area (Å²) >= 11 is 0. The molecule has 0 saturated carbocycles. The van der Waals surface area contributed by atoms with Crippen LogP contribution in [0.4, 0.5) is 14.6 Å². The average molecular weight is 228 g/mol. The second-order valence-corrected chi connectivity index (χ2v) is 3.85. The number of ether oxygens (including phenoxy) is 1. The SMILES string of the molecule is Fc1cnc(NCC2CCCCO2)c(F)c1. The molecule has 0 amide bonds. The highest BCUT2D eigenvalue weighted by atomic mass is 19.1. The van der Waals surface area contributed by atoms with Gasteiger partial charge in [-0.15, -0.1) is 0 Å². The van der Waals surface area contributed by atoms with Crippen LogP contribution in [0.2, 0.25) is 0 Å². The molecule has 0 bridgehead atoms. The molecule has 0 aromatic carbocycles. The van der Waals surface area contributed by atoms with Gasteiger partial charge in [0.1, 0.15) is 5.82 Å². The number of pyridine rings is 1. The molecule has 0 spiro atoms. The molecular formula is C11H14F2N2O. The van der Waals surface area contributed by atoms with Gasteiger partial charge in [0.2, 0.25) is 0 Å². The predicted octanol–water partition coefficient (Wildman–Crippen LogP) is 2.34. The van der Waals surface area contributed by atoms with Crippen LogP contribution in [0.25, 0.3) is 0 Å². The van der Waals surface area contributed by atoms with Gasteiger partial charge in [0, 0.05) is 19.2 Å². The van der Waals surface area contributed by atoms with Gasteiger partial charge in [-0.25, -0.2) is 13.8 Å². The van der Waals surface area contributed by atoms with Crippen LogP contribution in [0.15, 0.2) is 12.3 Å². The Hall–Kier alpha value is -1.23. The van der Waals surface area contributed by atoms with Crippen LogP contribution in [0.3, 0.4) is 0 Å². The standard InChI is InChI=1S/C11H14F2N2O/c12-8-5-10(13)11(14-6-8)15-7-9-3-1-2-4-16-9/h5-6,9H,1-4,7H2,(H,14,15). The van der Waals surface area contributed by atoms with E-state index >= 15 is 0 Å². The Morgan fingerprint density at radius 2 is 2.31 bits per heavy atom. The first-order valence-electron chi connectivity index (χ1n) is 5.42. The molecule has 1 unspecified atom stereocenters. The van der Waals surface area contributed by atoms with Gasteiger partial charge in [0.25, 0.3) is 0 Å². The van der Waals surface area contributed by atoms with Crippen molar-refractivity contribution >= 4 is 5.82 Å². The summed E-state index contributed by atoms with van der Waals surface area (Å²) in [4.78, 5) is 3.65. The fraction of sp³-hybridized carbons (Fsp3) is 0.545. The van der Waals surface area contributed by atoms with Crippen LogP contribution in [0.1, 0.15) is 19.3 Å². The number of halogens is 2. The monoisotopic (exact) mass is 228 g/mol. The lowest BCUT2D eigenvalue weighted by molar-refractivity contribution is 0.0247. The molecule has 2 rings (SSSR count). The Morgan fingerprint density at radius 3 is 3.00 bits per heavy atom. The van der Waals surface area contributed by atoms with Gasteiger partial charge < -0.3 is 10.1 Å². The second-order valence-electron chi connectivity index (χ2n) is 3.85. The van der Waals surface area contributed by atoms with Gasteiger partial charge in [-0.3, -0.25) is 0 Å². The summed E-state index contributed by atoms with van der Waals surface area (Å²) < 4.78 is 31.3. The van der Waals surface area contributed by atoms with Crippen LogP contribution in [-0.4, -0.2) is 24.2 Å². The van der Waals surface area contributed by atoms with Crippen molar-refractivity contribution in [1.29, 1.82) is 0 Å². The van der Waals surface area contributed by atoms with E-state index in [1.165, 1.54) is 0 Å². The minimum Gasteiger partial charge on any atom is -0.376 e. The largest absolute Gasteiger partial charge is 0.376 e. The molecule has 5 heteroatoms. The molecule has 1 aliphatic rings. The Labute approximate surface area is 92.8 Å². The molecule has 3 nitrogen and oxygen atoms in total. The maximum atomic E-state index is 13.2. The van der Waals surface area contributed by atoms with E-state index in [9.17, 15) is 8.78 Å². The minimum absolute atomic E-state index is 0.0792. The topological polar surface area (TPSA) is 34.2 Å². The third kappa shape index (κ3) is 2.88. The van der Waals surface area contributed by atoms with E-state index in [2.05, 4.69) is 10.3 Å². The molecule has 0 radical (unpaired) electrons. The maximum Gasteiger partial charge on any atom is 0.168 e. The summed E-state index contributed by atoms with van der Waals surface area (Å²) in [5.41, 5.74) is 0. The first-order chi connectivity index (χ1) is 7.75. The number of hydrogen-bond acceptors (Lipinski definition) is 3. The molecule has 1 atom stereocenters. The Bertz CT molecular complexity index is 354. The molecule has 1 aromatic heterocycles. The van der Waals surface area contributed by atoms with E-state index in [4.69, 9.17) is 4.74 Å². The molecular weight excluding hydrogens is 214 g/mol. The first kappa shape index (κ1) is 11.3. The van der Waals surface area contributed by atoms with Crippen molar-refractivity contribution < 1.29 is 13.5 Å². The molecule has 1 aliphatic heterocycles. The van der Waals surface area contributed by atoms with Crippen molar-refractivity contribution in [2.24, 2.45) is 0 Å². The number of aromatic nitrogens is 1. The van der Waals surface area contributed by atoms with Gasteiger partial charge in [0.05, 0.1) is 12.3 Å². The Kier molecular flexibility index (Phi) is 3.66. The summed E-state index contributed by atoms with van der Waals surface area (Å²) in [7, 11) is 0. The molecule has 1 N–H and O–H groups in total.